The number of anilines is 2. The van der Waals surface area contributed by atoms with E-state index in [2.05, 4.69) is 0 Å². The number of rotatable bonds is 4. The highest BCUT2D eigenvalue weighted by Crippen LogP contribution is 2.28. The molecule has 0 saturated carbocycles. The van der Waals surface area contributed by atoms with Crippen LogP contribution in [0.2, 0.25) is 0 Å². The molecule has 1 rings (SSSR count). The predicted octanol–water partition coefficient (Wildman–Crippen LogP) is 2.57. The van der Waals surface area contributed by atoms with Gasteiger partial charge in [-0.05, 0) is 19.1 Å². The van der Waals surface area contributed by atoms with Gasteiger partial charge < -0.3 is 10.6 Å². The van der Waals surface area contributed by atoms with Gasteiger partial charge >= 0.3 is 6.18 Å². The number of hydrogen-bond donors (Lipinski definition) is 1. The first-order valence-electron chi connectivity index (χ1n) is 5.10. The number of nitro groups is 1. The van der Waals surface area contributed by atoms with Crippen molar-refractivity contribution >= 4 is 17.1 Å². The largest absolute Gasteiger partial charge is 0.405 e. The maximum atomic E-state index is 12.3. The molecule has 8 heteroatoms. The lowest BCUT2D eigenvalue weighted by molar-refractivity contribution is -0.383. The minimum absolute atomic E-state index is 0.122. The van der Waals surface area contributed by atoms with Crippen LogP contribution in [0.5, 0.6) is 0 Å². The number of nitrogen functional groups attached to an aromatic ring is 1. The maximum absolute atomic E-state index is 12.3. The molecule has 0 aromatic heterocycles. The molecule has 1 aromatic rings. The van der Waals surface area contributed by atoms with Gasteiger partial charge in [0.25, 0.3) is 5.69 Å². The lowest BCUT2D eigenvalue weighted by Crippen LogP contribution is -2.34. The predicted molar refractivity (Wildman–Crippen MR) is 61.5 cm³/mol. The molecule has 0 aliphatic carbocycles. The number of nitrogens with two attached hydrogens (primary N) is 1. The van der Waals surface area contributed by atoms with Crippen LogP contribution in [0.15, 0.2) is 18.2 Å². The van der Waals surface area contributed by atoms with Gasteiger partial charge in [0.1, 0.15) is 12.2 Å². The van der Waals surface area contributed by atoms with Crippen LogP contribution in [-0.2, 0) is 0 Å². The second-order valence-corrected chi connectivity index (χ2v) is 3.63. The van der Waals surface area contributed by atoms with Gasteiger partial charge in [-0.1, -0.05) is 0 Å². The maximum Gasteiger partial charge on any atom is 0.405 e. The van der Waals surface area contributed by atoms with Gasteiger partial charge in [-0.2, -0.15) is 13.2 Å². The SMILES string of the molecule is CCN(CC(F)(F)F)c1ccc([N+](=O)[O-])c(N)c1. The average Bonchev–Trinajstić information content (AvgIpc) is 2.24. The van der Waals surface area contributed by atoms with E-state index in [0.29, 0.717) is 0 Å². The minimum atomic E-state index is -4.34. The molecule has 0 heterocycles. The zero-order valence-corrected chi connectivity index (χ0v) is 9.57. The molecule has 0 saturated heterocycles. The quantitative estimate of drug-likeness (QED) is 0.514. The van der Waals surface area contributed by atoms with Crippen LogP contribution in [0.4, 0.5) is 30.2 Å². The standard InChI is InChI=1S/C10H12F3N3O2/c1-2-15(6-10(11,12)13)7-3-4-9(16(17)18)8(14)5-7/h3-5H,2,6,14H2,1H3. The summed E-state index contributed by atoms with van der Waals surface area (Å²) in [6.45, 7) is 0.556. The molecule has 0 atom stereocenters. The van der Waals surface area contributed by atoms with Crippen LogP contribution >= 0.6 is 0 Å². The zero-order valence-electron chi connectivity index (χ0n) is 9.57. The fraction of sp³-hybridized carbons (Fsp3) is 0.400. The van der Waals surface area contributed by atoms with Gasteiger partial charge in [0, 0.05) is 18.3 Å². The molecule has 18 heavy (non-hydrogen) atoms. The van der Waals surface area contributed by atoms with Gasteiger partial charge in [-0.25, -0.2) is 0 Å². The molecule has 1 aromatic carbocycles. The van der Waals surface area contributed by atoms with E-state index in [1.807, 2.05) is 0 Å². The van der Waals surface area contributed by atoms with Crippen molar-refractivity contribution in [3.8, 4) is 0 Å². The first-order chi connectivity index (χ1) is 8.24. The Hall–Kier alpha value is -1.99. The monoisotopic (exact) mass is 263 g/mol. The fourth-order valence-corrected chi connectivity index (χ4v) is 1.51. The van der Waals surface area contributed by atoms with Crippen molar-refractivity contribution in [2.24, 2.45) is 0 Å². The summed E-state index contributed by atoms with van der Waals surface area (Å²) in [7, 11) is 0. The first kappa shape index (κ1) is 14.1. The number of nitrogens with zero attached hydrogens (tertiary/aromatic N) is 2. The molecule has 0 radical (unpaired) electrons. The van der Waals surface area contributed by atoms with Gasteiger partial charge in [0.2, 0.25) is 0 Å². The summed E-state index contributed by atoms with van der Waals surface area (Å²) in [5.74, 6) is 0. The summed E-state index contributed by atoms with van der Waals surface area (Å²) in [5.41, 5.74) is 5.16. The van der Waals surface area contributed by atoms with Gasteiger partial charge in [-0.3, -0.25) is 10.1 Å². The Morgan fingerprint density at radius 3 is 2.44 bits per heavy atom. The van der Waals surface area contributed by atoms with Crippen molar-refractivity contribution < 1.29 is 18.1 Å². The van der Waals surface area contributed by atoms with Gasteiger partial charge in [0.05, 0.1) is 4.92 Å². The van der Waals surface area contributed by atoms with E-state index in [4.69, 9.17) is 5.73 Å². The molecular formula is C10H12F3N3O2. The van der Waals surface area contributed by atoms with Crippen molar-refractivity contribution in [2.45, 2.75) is 13.1 Å². The Balaban J connectivity index is 3.01. The zero-order chi connectivity index (χ0) is 13.9. The molecule has 5 nitrogen and oxygen atoms in total. The highest BCUT2D eigenvalue weighted by Gasteiger charge is 2.30. The highest BCUT2D eigenvalue weighted by molar-refractivity contribution is 5.66. The van der Waals surface area contributed by atoms with Crippen molar-refractivity contribution in [3.05, 3.63) is 28.3 Å². The summed E-state index contributed by atoms with van der Waals surface area (Å²) in [5, 5.41) is 10.5. The molecule has 0 aliphatic rings. The van der Waals surface area contributed by atoms with Crippen LogP contribution in [-0.4, -0.2) is 24.2 Å². The van der Waals surface area contributed by atoms with Crippen LogP contribution in [0, 0.1) is 10.1 Å². The number of benzene rings is 1. The van der Waals surface area contributed by atoms with Crippen LogP contribution in [0.1, 0.15) is 6.92 Å². The third-order valence-electron chi connectivity index (χ3n) is 2.32. The third kappa shape index (κ3) is 3.51. The summed E-state index contributed by atoms with van der Waals surface area (Å²) in [6.07, 6.45) is -4.34. The Morgan fingerprint density at radius 2 is 2.06 bits per heavy atom. The normalized spacial score (nSPS) is 11.3. The van der Waals surface area contributed by atoms with Gasteiger partial charge in [0.15, 0.2) is 0 Å². The topological polar surface area (TPSA) is 72.4 Å². The minimum Gasteiger partial charge on any atom is -0.393 e. The van der Waals surface area contributed by atoms with E-state index in [-0.39, 0.29) is 23.6 Å². The molecule has 2 N–H and O–H groups in total. The number of hydrogen-bond acceptors (Lipinski definition) is 4. The van der Waals surface area contributed by atoms with E-state index in [0.717, 1.165) is 11.0 Å². The molecular weight excluding hydrogens is 251 g/mol. The van der Waals surface area contributed by atoms with E-state index in [1.54, 1.807) is 6.92 Å². The fourth-order valence-electron chi connectivity index (χ4n) is 1.51. The van der Waals surface area contributed by atoms with Gasteiger partial charge in [-0.15, -0.1) is 0 Å². The first-order valence-corrected chi connectivity index (χ1v) is 5.10. The summed E-state index contributed by atoms with van der Waals surface area (Å²) >= 11 is 0. The van der Waals surface area contributed by atoms with Crippen LogP contribution in [0.3, 0.4) is 0 Å². The highest BCUT2D eigenvalue weighted by atomic mass is 19.4. The lowest BCUT2D eigenvalue weighted by Gasteiger charge is -2.24. The van der Waals surface area contributed by atoms with E-state index in [1.165, 1.54) is 12.1 Å². The molecule has 0 fully saturated rings. The molecule has 0 unspecified atom stereocenters. The van der Waals surface area contributed by atoms with Crippen molar-refractivity contribution in [1.82, 2.24) is 0 Å². The number of alkyl halides is 3. The van der Waals surface area contributed by atoms with Crippen LogP contribution < -0.4 is 10.6 Å². The number of halogens is 3. The average molecular weight is 263 g/mol. The second-order valence-electron chi connectivity index (χ2n) is 3.63. The summed E-state index contributed by atoms with van der Waals surface area (Å²) in [4.78, 5) is 10.9. The Morgan fingerprint density at radius 1 is 1.44 bits per heavy atom. The Labute approximate surface area is 101 Å². The summed E-state index contributed by atoms with van der Waals surface area (Å²) in [6, 6.07) is 3.53. The molecule has 0 aliphatic heterocycles. The third-order valence-corrected chi connectivity index (χ3v) is 2.32. The Bertz CT molecular complexity index is 448. The number of nitro benzene ring substituents is 1. The second kappa shape index (κ2) is 5.11. The summed E-state index contributed by atoms with van der Waals surface area (Å²) < 4.78 is 36.9. The Kier molecular flexibility index (Phi) is 4.00. The van der Waals surface area contributed by atoms with Crippen molar-refractivity contribution in [3.63, 3.8) is 0 Å². The van der Waals surface area contributed by atoms with E-state index >= 15 is 0 Å². The molecule has 0 amide bonds. The van der Waals surface area contributed by atoms with Crippen LogP contribution in [0.25, 0.3) is 0 Å². The molecule has 100 valence electrons. The van der Waals surface area contributed by atoms with E-state index < -0.39 is 17.6 Å². The van der Waals surface area contributed by atoms with Crippen molar-refractivity contribution in [1.29, 1.82) is 0 Å². The molecule has 0 spiro atoms. The molecule has 0 bridgehead atoms. The smallest absolute Gasteiger partial charge is 0.393 e. The van der Waals surface area contributed by atoms with E-state index in [9.17, 15) is 23.3 Å². The van der Waals surface area contributed by atoms with Crippen molar-refractivity contribution in [2.75, 3.05) is 23.7 Å². The lowest BCUT2D eigenvalue weighted by atomic mass is 10.2.